The highest BCUT2D eigenvalue weighted by atomic mass is 16.3. The van der Waals surface area contributed by atoms with Crippen molar-refractivity contribution in [1.82, 2.24) is 0 Å². The minimum Gasteiger partial charge on any atom is -0.388 e. The largest absolute Gasteiger partial charge is 0.388 e. The van der Waals surface area contributed by atoms with Gasteiger partial charge in [0.2, 0.25) is 0 Å². The number of carbonyl (C=O) groups excluding carboxylic acids is 1. The first kappa shape index (κ1) is 8.47. The van der Waals surface area contributed by atoms with E-state index in [0.29, 0.717) is 0 Å². The van der Waals surface area contributed by atoms with E-state index in [9.17, 15) is 9.90 Å². The maximum Gasteiger partial charge on any atom is 0.141 e. The van der Waals surface area contributed by atoms with Crippen LogP contribution in [0, 0.1) is 11.8 Å². The van der Waals surface area contributed by atoms with E-state index in [0.717, 1.165) is 6.42 Å². The molecule has 0 aromatic heterocycles. The highest BCUT2D eigenvalue weighted by Gasteiger charge is 2.26. The van der Waals surface area contributed by atoms with Crippen molar-refractivity contribution in [3.05, 3.63) is 12.2 Å². The third-order valence-electron chi connectivity index (χ3n) is 2.27. The molecule has 11 heavy (non-hydrogen) atoms. The first-order valence-electron chi connectivity index (χ1n) is 4.01. The molecular formula is C9H14O2. The average molecular weight is 154 g/mol. The fourth-order valence-electron chi connectivity index (χ4n) is 1.32. The molecule has 0 saturated heterocycles. The maximum absolute atomic E-state index is 11.4. The van der Waals surface area contributed by atoms with Crippen LogP contribution in [0.5, 0.6) is 0 Å². The smallest absolute Gasteiger partial charge is 0.141 e. The van der Waals surface area contributed by atoms with E-state index in [-0.39, 0.29) is 17.6 Å². The number of aliphatic hydroxyl groups is 1. The molecule has 1 aliphatic rings. The van der Waals surface area contributed by atoms with E-state index in [1.807, 2.05) is 13.0 Å². The Morgan fingerprint density at radius 3 is 2.82 bits per heavy atom. The molecule has 0 saturated carbocycles. The molecule has 1 rings (SSSR count). The maximum atomic E-state index is 11.4. The molecule has 1 N–H and O–H groups in total. The molecule has 62 valence electrons. The summed E-state index contributed by atoms with van der Waals surface area (Å²) in [6.45, 7) is 3.68. The Bertz CT molecular complexity index is 184. The molecule has 2 heteroatoms. The minimum atomic E-state index is -0.576. The second-order valence-electron chi connectivity index (χ2n) is 3.25. The van der Waals surface area contributed by atoms with E-state index in [1.54, 1.807) is 13.0 Å². The minimum absolute atomic E-state index is 0.0680. The number of carbonyl (C=O) groups is 1. The summed E-state index contributed by atoms with van der Waals surface area (Å²) in [6.07, 6.45) is 3.79. The number of allylic oxidation sites excluding steroid dienone is 1. The van der Waals surface area contributed by atoms with Gasteiger partial charge >= 0.3 is 0 Å². The molecule has 1 aliphatic carbocycles. The summed E-state index contributed by atoms with van der Waals surface area (Å²) in [5.41, 5.74) is 0. The van der Waals surface area contributed by atoms with E-state index >= 15 is 0 Å². The van der Waals surface area contributed by atoms with E-state index in [2.05, 4.69) is 0 Å². The Labute approximate surface area is 66.9 Å². The highest BCUT2D eigenvalue weighted by molar-refractivity contribution is 5.84. The Morgan fingerprint density at radius 1 is 1.55 bits per heavy atom. The van der Waals surface area contributed by atoms with Crippen molar-refractivity contribution in [3.8, 4) is 0 Å². The fraction of sp³-hybridized carbons (Fsp3) is 0.667. The van der Waals surface area contributed by atoms with Gasteiger partial charge in [-0.1, -0.05) is 26.0 Å². The topological polar surface area (TPSA) is 37.3 Å². The summed E-state index contributed by atoms with van der Waals surface area (Å²) in [5.74, 6) is 0.00431. The van der Waals surface area contributed by atoms with Crippen LogP contribution in [0.3, 0.4) is 0 Å². The van der Waals surface area contributed by atoms with Gasteiger partial charge in [0.25, 0.3) is 0 Å². The van der Waals surface area contributed by atoms with Crippen LogP contribution in [-0.2, 0) is 4.79 Å². The molecular weight excluding hydrogens is 140 g/mol. The predicted octanol–water partition coefficient (Wildman–Crippen LogP) is 1.15. The Hall–Kier alpha value is -0.630. The van der Waals surface area contributed by atoms with E-state index in [4.69, 9.17) is 0 Å². The summed E-state index contributed by atoms with van der Waals surface area (Å²) in [7, 11) is 0. The average Bonchev–Trinajstić information content (AvgIpc) is 2.07. The van der Waals surface area contributed by atoms with Crippen molar-refractivity contribution >= 4 is 5.78 Å². The lowest BCUT2D eigenvalue weighted by Gasteiger charge is -2.14. The molecule has 0 fully saturated rings. The lowest BCUT2D eigenvalue weighted by Crippen LogP contribution is -2.26. The Balaban J connectivity index is 2.76. The van der Waals surface area contributed by atoms with Crippen molar-refractivity contribution < 1.29 is 9.90 Å². The van der Waals surface area contributed by atoms with Gasteiger partial charge in [0.05, 0.1) is 6.10 Å². The second kappa shape index (κ2) is 3.18. The lowest BCUT2D eigenvalue weighted by atomic mass is 9.92. The van der Waals surface area contributed by atoms with Crippen LogP contribution in [0.15, 0.2) is 12.2 Å². The summed E-state index contributed by atoms with van der Waals surface area (Å²) in [6, 6.07) is 0. The van der Waals surface area contributed by atoms with Gasteiger partial charge in [-0.3, -0.25) is 4.79 Å². The monoisotopic (exact) mass is 154 g/mol. The van der Waals surface area contributed by atoms with Gasteiger partial charge in [-0.05, 0) is 6.42 Å². The molecule has 0 bridgehead atoms. The number of rotatable bonds is 0. The van der Waals surface area contributed by atoms with Gasteiger partial charge in [-0.25, -0.2) is 0 Å². The van der Waals surface area contributed by atoms with Gasteiger partial charge < -0.3 is 5.11 Å². The van der Waals surface area contributed by atoms with Crippen molar-refractivity contribution in [2.45, 2.75) is 26.4 Å². The van der Waals surface area contributed by atoms with Crippen LogP contribution >= 0.6 is 0 Å². The SMILES string of the molecule is C[C@@H]1CC=C[C@@H](O)[C@H](C)C1=O. The number of hydrogen-bond donors (Lipinski definition) is 1. The quantitative estimate of drug-likeness (QED) is 0.531. The van der Waals surface area contributed by atoms with Crippen LogP contribution in [0.2, 0.25) is 0 Å². The molecule has 0 spiro atoms. The highest BCUT2D eigenvalue weighted by Crippen LogP contribution is 2.19. The number of ketones is 1. The molecule has 3 atom stereocenters. The summed E-state index contributed by atoms with van der Waals surface area (Å²) < 4.78 is 0. The van der Waals surface area contributed by atoms with Gasteiger partial charge in [0.1, 0.15) is 5.78 Å². The molecule has 0 amide bonds. The second-order valence-corrected chi connectivity index (χ2v) is 3.25. The molecule has 0 heterocycles. The third-order valence-corrected chi connectivity index (χ3v) is 2.27. The van der Waals surface area contributed by atoms with Crippen molar-refractivity contribution in [2.24, 2.45) is 11.8 Å². The molecule has 2 nitrogen and oxygen atoms in total. The standard InChI is InChI=1S/C9H14O2/c1-6-4-3-5-8(10)7(2)9(6)11/h3,5-8,10H,4H2,1-2H3/t6-,7+,8-/m1/s1. The zero-order valence-corrected chi connectivity index (χ0v) is 6.95. The predicted molar refractivity (Wildman–Crippen MR) is 43.1 cm³/mol. The number of aliphatic hydroxyl groups excluding tert-OH is 1. The van der Waals surface area contributed by atoms with Crippen LogP contribution in [0.25, 0.3) is 0 Å². The summed E-state index contributed by atoms with van der Waals surface area (Å²) >= 11 is 0. The van der Waals surface area contributed by atoms with E-state index in [1.165, 1.54) is 0 Å². The van der Waals surface area contributed by atoms with Gasteiger partial charge in [-0.2, -0.15) is 0 Å². The fourth-order valence-corrected chi connectivity index (χ4v) is 1.32. The lowest BCUT2D eigenvalue weighted by molar-refractivity contribution is -0.127. The van der Waals surface area contributed by atoms with E-state index < -0.39 is 6.10 Å². The zero-order valence-electron chi connectivity index (χ0n) is 6.95. The molecule has 0 aliphatic heterocycles. The van der Waals surface area contributed by atoms with Crippen LogP contribution in [-0.4, -0.2) is 17.0 Å². The zero-order chi connectivity index (χ0) is 8.43. The van der Waals surface area contributed by atoms with Crippen LogP contribution in [0.1, 0.15) is 20.3 Å². The van der Waals surface area contributed by atoms with Gasteiger partial charge in [-0.15, -0.1) is 0 Å². The molecule has 0 aromatic carbocycles. The summed E-state index contributed by atoms with van der Waals surface area (Å²) in [4.78, 5) is 11.4. The van der Waals surface area contributed by atoms with Gasteiger partial charge in [0, 0.05) is 11.8 Å². The third kappa shape index (κ3) is 1.69. The number of Topliss-reactive ketones (excluding diaryl/α,β-unsaturated/α-hetero) is 1. The first-order chi connectivity index (χ1) is 5.13. The molecule has 0 unspecified atom stereocenters. The molecule has 0 aromatic rings. The Kier molecular flexibility index (Phi) is 2.45. The van der Waals surface area contributed by atoms with Crippen molar-refractivity contribution in [2.75, 3.05) is 0 Å². The van der Waals surface area contributed by atoms with Crippen molar-refractivity contribution in [1.29, 1.82) is 0 Å². The van der Waals surface area contributed by atoms with Crippen LogP contribution < -0.4 is 0 Å². The van der Waals surface area contributed by atoms with Crippen molar-refractivity contribution in [3.63, 3.8) is 0 Å². The van der Waals surface area contributed by atoms with Crippen LogP contribution in [0.4, 0.5) is 0 Å². The van der Waals surface area contributed by atoms with Gasteiger partial charge in [0.15, 0.2) is 0 Å². The molecule has 0 radical (unpaired) electrons. The summed E-state index contributed by atoms with van der Waals surface area (Å²) in [5, 5.41) is 9.34. The normalized spacial score (nSPS) is 38.8. The number of hydrogen-bond acceptors (Lipinski definition) is 2. The first-order valence-corrected chi connectivity index (χ1v) is 4.01. The Morgan fingerprint density at radius 2 is 2.18 bits per heavy atom.